The lowest BCUT2D eigenvalue weighted by molar-refractivity contribution is -0.147. The minimum Gasteiger partial charge on any atom is -0.481 e. The van der Waals surface area contributed by atoms with Gasteiger partial charge in [-0.15, -0.1) is 0 Å². The Morgan fingerprint density at radius 1 is 1.38 bits per heavy atom. The zero-order valence-electron chi connectivity index (χ0n) is 9.51. The molecule has 0 unspecified atom stereocenters. The maximum atomic E-state index is 11.5. The van der Waals surface area contributed by atoms with Gasteiger partial charge in [-0.25, -0.2) is 0 Å². The molecule has 86 valence electrons. The van der Waals surface area contributed by atoms with Crippen molar-refractivity contribution >= 4 is 21.9 Å². The number of hydrogen-bond donors (Lipinski definition) is 1. The van der Waals surface area contributed by atoms with Crippen LogP contribution in [0, 0.1) is 13.8 Å². The van der Waals surface area contributed by atoms with Crippen molar-refractivity contribution in [3.63, 3.8) is 0 Å². The van der Waals surface area contributed by atoms with E-state index in [1.165, 1.54) is 0 Å². The van der Waals surface area contributed by atoms with Gasteiger partial charge in [-0.1, -0.05) is 28.4 Å². The molecule has 1 aliphatic rings. The molecule has 1 N–H and O–H groups in total. The van der Waals surface area contributed by atoms with E-state index >= 15 is 0 Å². The number of carboxylic acid groups (broad SMARTS) is 1. The lowest BCUT2D eigenvalue weighted by Gasteiger charge is -2.39. The second-order valence-electron chi connectivity index (χ2n) is 4.66. The molecule has 16 heavy (non-hydrogen) atoms. The van der Waals surface area contributed by atoms with Crippen LogP contribution in [0.5, 0.6) is 0 Å². The van der Waals surface area contributed by atoms with E-state index in [9.17, 15) is 9.90 Å². The van der Waals surface area contributed by atoms with Gasteiger partial charge in [0.1, 0.15) is 0 Å². The molecule has 0 aromatic heterocycles. The molecule has 0 spiro atoms. The van der Waals surface area contributed by atoms with Crippen molar-refractivity contribution in [2.45, 2.75) is 38.5 Å². The first-order valence-corrected chi connectivity index (χ1v) is 6.27. The third-order valence-corrected chi connectivity index (χ3v) is 4.44. The van der Waals surface area contributed by atoms with Gasteiger partial charge >= 0.3 is 5.97 Å². The van der Waals surface area contributed by atoms with E-state index in [2.05, 4.69) is 15.9 Å². The van der Waals surface area contributed by atoms with Crippen LogP contribution in [0.2, 0.25) is 0 Å². The number of halogens is 1. The number of hydrogen-bond acceptors (Lipinski definition) is 1. The molecule has 1 aliphatic carbocycles. The number of carbonyl (C=O) groups is 1. The first-order valence-electron chi connectivity index (χ1n) is 5.48. The number of rotatable bonds is 2. The maximum absolute atomic E-state index is 11.5. The summed E-state index contributed by atoms with van der Waals surface area (Å²) >= 11 is 3.50. The van der Waals surface area contributed by atoms with Crippen LogP contribution in [0.1, 0.15) is 36.0 Å². The minimum absolute atomic E-state index is 0.626. The summed E-state index contributed by atoms with van der Waals surface area (Å²) in [4.78, 5) is 11.5. The molecule has 0 saturated heterocycles. The zero-order chi connectivity index (χ0) is 11.9. The summed E-state index contributed by atoms with van der Waals surface area (Å²) in [5.41, 5.74) is 2.53. The highest BCUT2D eigenvalue weighted by molar-refractivity contribution is 9.10. The first-order chi connectivity index (χ1) is 7.47. The quantitative estimate of drug-likeness (QED) is 0.900. The third-order valence-electron chi connectivity index (χ3n) is 3.62. The molecular weight excluding hydrogens is 268 g/mol. The van der Waals surface area contributed by atoms with Gasteiger partial charge in [0.2, 0.25) is 0 Å². The smallest absolute Gasteiger partial charge is 0.314 e. The van der Waals surface area contributed by atoms with Crippen molar-refractivity contribution in [1.82, 2.24) is 0 Å². The van der Waals surface area contributed by atoms with Gasteiger partial charge in [0, 0.05) is 4.47 Å². The second-order valence-corrected chi connectivity index (χ2v) is 5.51. The molecule has 1 fully saturated rings. The molecule has 1 aromatic carbocycles. The van der Waals surface area contributed by atoms with E-state index in [-0.39, 0.29) is 0 Å². The number of aryl methyl sites for hydroxylation is 1. The number of aliphatic carboxylic acids is 1. The van der Waals surface area contributed by atoms with Crippen molar-refractivity contribution < 1.29 is 9.90 Å². The van der Waals surface area contributed by atoms with Gasteiger partial charge < -0.3 is 5.11 Å². The Balaban J connectivity index is 2.59. The van der Waals surface area contributed by atoms with Gasteiger partial charge in [0.15, 0.2) is 0 Å². The summed E-state index contributed by atoms with van der Waals surface area (Å²) in [6, 6.07) is 4.06. The van der Waals surface area contributed by atoms with Gasteiger partial charge in [-0.05, 0) is 49.4 Å². The predicted octanol–water partition coefficient (Wildman–Crippen LogP) is 3.57. The highest BCUT2D eigenvalue weighted by Crippen LogP contribution is 2.46. The molecule has 0 bridgehead atoms. The van der Waals surface area contributed by atoms with Crippen LogP contribution in [-0.2, 0) is 10.2 Å². The van der Waals surface area contributed by atoms with Crippen molar-refractivity contribution in [2.24, 2.45) is 0 Å². The molecule has 2 nitrogen and oxygen atoms in total. The van der Waals surface area contributed by atoms with Crippen molar-refractivity contribution in [3.8, 4) is 0 Å². The topological polar surface area (TPSA) is 37.3 Å². The minimum atomic E-state index is -0.681. The van der Waals surface area contributed by atoms with Crippen molar-refractivity contribution in [1.29, 1.82) is 0 Å². The molecule has 0 atom stereocenters. The number of carboxylic acids is 1. The lowest BCUT2D eigenvalue weighted by atomic mass is 9.63. The molecule has 3 heteroatoms. The van der Waals surface area contributed by atoms with Gasteiger partial charge in [0.05, 0.1) is 5.41 Å². The average Bonchev–Trinajstić information content (AvgIpc) is 2.10. The van der Waals surface area contributed by atoms with Gasteiger partial charge in [0.25, 0.3) is 0 Å². The Hall–Kier alpha value is -0.830. The van der Waals surface area contributed by atoms with Crippen LogP contribution in [-0.4, -0.2) is 11.1 Å². The van der Waals surface area contributed by atoms with E-state index in [0.717, 1.165) is 40.4 Å². The Bertz CT molecular complexity index is 447. The Morgan fingerprint density at radius 3 is 2.44 bits per heavy atom. The fourth-order valence-corrected chi connectivity index (χ4v) is 3.01. The largest absolute Gasteiger partial charge is 0.481 e. The highest BCUT2D eigenvalue weighted by Gasteiger charge is 2.46. The summed E-state index contributed by atoms with van der Waals surface area (Å²) < 4.78 is 1.01. The van der Waals surface area contributed by atoms with Crippen LogP contribution in [0.15, 0.2) is 16.6 Å². The normalized spacial score (nSPS) is 17.9. The standard InChI is InChI=1S/C13H15BrO2/c1-8-6-10(9(2)11(14)7-8)13(12(15)16)4-3-5-13/h6-7H,3-5H2,1-2H3,(H,15,16). The van der Waals surface area contributed by atoms with Crippen molar-refractivity contribution in [3.05, 3.63) is 33.3 Å². The molecular formula is C13H15BrO2. The molecule has 0 radical (unpaired) electrons. The fraction of sp³-hybridized carbons (Fsp3) is 0.462. The van der Waals surface area contributed by atoms with Crippen molar-refractivity contribution in [2.75, 3.05) is 0 Å². The molecule has 0 aliphatic heterocycles. The number of benzene rings is 1. The predicted molar refractivity (Wildman–Crippen MR) is 66.8 cm³/mol. The van der Waals surface area contributed by atoms with E-state index in [4.69, 9.17) is 0 Å². The first kappa shape index (κ1) is 11.6. The van der Waals surface area contributed by atoms with E-state index < -0.39 is 11.4 Å². The molecule has 1 saturated carbocycles. The zero-order valence-corrected chi connectivity index (χ0v) is 11.1. The molecule has 1 aromatic rings. The summed E-state index contributed by atoms with van der Waals surface area (Å²) in [5, 5.41) is 9.43. The summed E-state index contributed by atoms with van der Waals surface area (Å²) in [6.45, 7) is 3.99. The molecule has 2 rings (SSSR count). The van der Waals surface area contributed by atoms with Crippen LogP contribution in [0.4, 0.5) is 0 Å². The maximum Gasteiger partial charge on any atom is 0.314 e. The monoisotopic (exact) mass is 282 g/mol. The summed E-state index contributed by atoms with van der Waals surface area (Å²) in [7, 11) is 0. The Kier molecular flexibility index (Phi) is 2.82. The molecule has 0 heterocycles. The highest BCUT2D eigenvalue weighted by atomic mass is 79.9. The SMILES string of the molecule is Cc1cc(Br)c(C)c(C2(C(=O)O)CCC2)c1. The second kappa shape index (κ2) is 3.88. The van der Waals surface area contributed by atoms with E-state index in [0.29, 0.717) is 0 Å². The molecule has 0 amide bonds. The van der Waals surface area contributed by atoms with Gasteiger partial charge in [-0.3, -0.25) is 4.79 Å². The summed E-state index contributed by atoms with van der Waals surface area (Å²) in [6.07, 6.45) is 2.54. The fourth-order valence-electron chi connectivity index (χ4n) is 2.44. The van der Waals surface area contributed by atoms with Crippen LogP contribution in [0.25, 0.3) is 0 Å². The lowest BCUT2D eigenvalue weighted by Crippen LogP contribution is -2.43. The van der Waals surface area contributed by atoms with Crippen LogP contribution in [0.3, 0.4) is 0 Å². The van der Waals surface area contributed by atoms with Gasteiger partial charge in [-0.2, -0.15) is 0 Å². The third kappa shape index (κ3) is 1.58. The Morgan fingerprint density at radius 2 is 2.00 bits per heavy atom. The average molecular weight is 283 g/mol. The van der Waals surface area contributed by atoms with E-state index in [1.54, 1.807) is 0 Å². The Labute approximate surface area is 104 Å². The van der Waals surface area contributed by atoms with E-state index in [1.807, 2.05) is 26.0 Å². The van der Waals surface area contributed by atoms with Crippen LogP contribution < -0.4 is 0 Å². The van der Waals surface area contributed by atoms with Crippen LogP contribution >= 0.6 is 15.9 Å². The summed E-state index contributed by atoms with van der Waals surface area (Å²) in [5.74, 6) is -0.681.